The molecule has 0 atom stereocenters. The number of halogens is 3. The van der Waals surface area contributed by atoms with Gasteiger partial charge in [-0.05, 0) is 46.1 Å². The second kappa shape index (κ2) is 9.54. The van der Waals surface area contributed by atoms with Crippen LogP contribution in [0.5, 0.6) is 0 Å². The van der Waals surface area contributed by atoms with Gasteiger partial charge in [0, 0.05) is 10.4 Å². The SMILES string of the molecule is O=C(Nc1cc(C(F)(F)F)ccc1-n1cncn1)/C(=C\c1cccs1)n1nnnc1-c1ccccc1. The average molecular weight is 508 g/mol. The molecule has 0 aliphatic rings. The van der Waals surface area contributed by atoms with Crippen LogP contribution in [0.4, 0.5) is 18.9 Å². The molecule has 180 valence electrons. The molecular formula is C23H15F3N8OS. The Labute approximate surface area is 205 Å². The van der Waals surface area contributed by atoms with Crippen LogP contribution in [0, 0.1) is 0 Å². The predicted molar refractivity (Wildman–Crippen MR) is 127 cm³/mol. The monoisotopic (exact) mass is 508 g/mol. The van der Waals surface area contributed by atoms with Gasteiger partial charge in [0.05, 0.1) is 16.9 Å². The summed E-state index contributed by atoms with van der Waals surface area (Å²) in [6.45, 7) is 0. The number of hydrogen-bond donors (Lipinski definition) is 1. The molecule has 0 aliphatic carbocycles. The van der Waals surface area contributed by atoms with Crippen molar-refractivity contribution in [2.45, 2.75) is 6.18 Å². The van der Waals surface area contributed by atoms with Crippen molar-refractivity contribution in [3.05, 3.63) is 89.1 Å². The summed E-state index contributed by atoms with van der Waals surface area (Å²) in [5, 5.41) is 20.1. The minimum absolute atomic E-state index is 0.00301. The number of aromatic nitrogens is 7. The lowest BCUT2D eigenvalue weighted by Gasteiger charge is -2.16. The topological polar surface area (TPSA) is 103 Å². The van der Waals surface area contributed by atoms with E-state index in [1.165, 1.54) is 39.4 Å². The van der Waals surface area contributed by atoms with Crippen molar-refractivity contribution in [1.82, 2.24) is 35.0 Å². The third kappa shape index (κ3) is 4.77. The lowest BCUT2D eigenvalue weighted by Crippen LogP contribution is -2.21. The highest BCUT2D eigenvalue weighted by molar-refractivity contribution is 7.10. The van der Waals surface area contributed by atoms with Gasteiger partial charge in [-0.3, -0.25) is 4.79 Å². The third-order valence-corrected chi connectivity index (χ3v) is 5.84. The second-order valence-corrected chi connectivity index (χ2v) is 8.33. The van der Waals surface area contributed by atoms with E-state index in [9.17, 15) is 18.0 Å². The first-order valence-electron chi connectivity index (χ1n) is 10.4. The van der Waals surface area contributed by atoms with Crippen LogP contribution in [0.3, 0.4) is 0 Å². The molecule has 3 aromatic heterocycles. The zero-order chi connectivity index (χ0) is 25.1. The normalized spacial score (nSPS) is 12.0. The van der Waals surface area contributed by atoms with Crippen molar-refractivity contribution in [2.24, 2.45) is 0 Å². The summed E-state index contributed by atoms with van der Waals surface area (Å²) >= 11 is 1.37. The first kappa shape index (κ1) is 23.1. The van der Waals surface area contributed by atoms with Gasteiger partial charge < -0.3 is 5.32 Å². The van der Waals surface area contributed by atoms with E-state index in [0.717, 1.165) is 17.0 Å². The molecule has 1 N–H and O–H groups in total. The number of nitrogens with one attached hydrogen (secondary N) is 1. The standard InChI is InChI=1S/C23H15F3N8OS/c24-23(25,26)16-8-9-19(33-14-27-13-28-33)18(11-16)29-22(35)20(12-17-7-4-10-36-17)34-21(30-31-32-34)15-5-2-1-3-6-15/h1-14H,(H,29,35)/b20-12+. The van der Waals surface area contributed by atoms with E-state index in [1.54, 1.807) is 42.5 Å². The van der Waals surface area contributed by atoms with Crippen molar-refractivity contribution in [3.63, 3.8) is 0 Å². The Morgan fingerprint density at radius 3 is 2.58 bits per heavy atom. The largest absolute Gasteiger partial charge is 0.416 e. The molecule has 5 rings (SSSR count). The van der Waals surface area contributed by atoms with Crippen molar-refractivity contribution in [3.8, 4) is 17.1 Å². The van der Waals surface area contributed by atoms with Gasteiger partial charge in [0.2, 0.25) is 0 Å². The molecular weight excluding hydrogens is 493 g/mol. The van der Waals surface area contributed by atoms with Gasteiger partial charge in [-0.25, -0.2) is 9.67 Å². The van der Waals surface area contributed by atoms with Gasteiger partial charge in [-0.2, -0.15) is 23.0 Å². The van der Waals surface area contributed by atoms with Gasteiger partial charge in [0.15, 0.2) is 5.82 Å². The maximum Gasteiger partial charge on any atom is 0.416 e. The fraction of sp³-hybridized carbons (Fsp3) is 0.0435. The van der Waals surface area contributed by atoms with Crippen LogP contribution in [0.1, 0.15) is 10.4 Å². The molecule has 0 fully saturated rings. The number of anilines is 1. The average Bonchev–Trinajstić information content (AvgIpc) is 3.65. The van der Waals surface area contributed by atoms with E-state index in [0.29, 0.717) is 5.56 Å². The van der Waals surface area contributed by atoms with E-state index < -0.39 is 17.6 Å². The van der Waals surface area contributed by atoms with E-state index in [4.69, 9.17) is 0 Å². The van der Waals surface area contributed by atoms with E-state index in [2.05, 4.69) is 30.9 Å². The Morgan fingerprint density at radius 1 is 1.06 bits per heavy atom. The summed E-state index contributed by atoms with van der Waals surface area (Å²) in [5.74, 6) is -0.442. The molecule has 5 aromatic rings. The molecule has 0 spiro atoms. The Balaban J connectivity index is 1.60. The second-order valence-electron chi connectivity index (χ2n) is 7.35. The molecule has 0 radical (unpaired) electrons. The summed E-state index contributed by atoms with van der Waals surface area (Å²) in [7, 11) is 0. The number of hydrogen-bond acceptors (Lipinski definition) is 7. The number of alkyl halides is 3. The lowest BCUT2D eigenvalue weighted by molar-refractivity contribution is -0.137. The van der Waals surface area contributed by atoms with Crippen molar-refractivity contribution in [2.75, 3.05) is 5.32 Å². The smallest absolute Gasteiger partial charge is 0.319 e. The number of thiophene rings is 1. The molecule has 13 heteroatoms. The first-order valence-corrected chi connectivity index (χ1v) is 11.2. The van der Waals surface area contributed by atoms with E-state index in [1.807, 2.05) is 11.4 Å². The molecule has 2 aromatic carbocycles. The lowest BCUT2D eigenvalue weighted by atomic mass is 10.1. The number of carbonyl (C=O) groups is 1. The molecule has 0 saturated carbocycles. The third-order valence-electron chi connectivity index (χ3n) is 5.02. The molecule has 9 nitrogen and oxygen atoms in total. The van der Waals surface area contributed by atoms with Gasteiger partial charge in [-0.1, -0.05) is 36.4 Å². The molecule has 0 bridgehead atoms. The van der Waals surface area contributed by atoms with Crippen molar-refractivity contribution in [1.29, 1.82) is 0 Å². The van der Waals surface area contributed by atoms with Crippen LogP contribution < -0.4 is 5.32 Å². The number of rotatable bonds is 6. The number of amides is 1. The first-order chi connectivity index (χ1) is 17.4. The summed E-state index contributed by atoms with van der Waals surface area (Å²) < 4.78 is 42.9. The fourth-order valence-electron chi connectivity index (χ4n) is 3.38. The molecule has 0 saturated heterocycles. The highest BCUT2D eigenvalue weighted by Crippen LogP contribution is 2.34. The van der Waals surface area contributed by atoms with Gasteiger partial charge in [0.25, 0.3) is 5.91 Å². The summed E-state index contributed by atoms with van der Waals surface area (Å²) in [6.07, 6.45) is -0.508. The fourth-order valence-corrected chi connectivity index (χ4v) is 4.03. The van der Waals surface area contributed by atoms with Crippen LogP contribution in [-0.2, 0) is 11.0 Å². The number of carbonyl (C=O) groups excluding carboxylic acids is 1. The van der Waals surface area contributed by atoms with Crippen LogP contribution >= 0.6 is 11.3 Å². The molecule has 0 aliphatic heterocycles. The number of benzene rings is 2. The zero-order valence-electron chi connectivity index (χ0n) is 18.2. The van der Waals surface area contributed by atoms with Gasteiger partial charge in [0.1, 0.15) is 18.4 Å². The van der Waals surface area contributed by atoms with E-state index in [-0.39, 0.29) is 22.9 Å². The number of tetrazole rings is 1. The summed E-state index contributed by atoms with van der Waals surface area (Å²) in [5.41, 5.74) is -0.202. The number of nitrogens with zero attached hydrogens (tertiary/aromatic N) is 7. The Morgan fingerprint density at radius 2 is 1.89 bits per heavy atom. The maximum atomic E-state index is 13.6. The summed E-state index contributed by atoms with van der Waals surface area (Å²) in [4.78, 5) is 18.1. The molecule has 1 amide bonds. The summed E-state index contributed by atoms with van der Waals surface area (Å²) in [6, 6.07) is 15.5. The Bertz CT molecular complexity index is 1510. The van der Waals surface area contributed by atoms with Crippen LogP contribution in [0.25, 0.3) is 28.8 Å². The van der Waals surface area contributed by atoms with Crippen LogP contribution in [-0.4, -0.2) is 40.9 Å². The van der Waals surface area contributed by atoms with E-state index >= 15 is 0 Å². The van der Waals surface area contributed by atoms with Crippen molar-refractivity contribution >= 4 is 34.7 Å². The predicted octanol–water partition coefficient (Wildman–Crippen LogP) is 4.64. The van der Waals surface area contributed by atoms with Crippen LogP contribution in [0.2, 0.25) is 0 Å². The highest BCUT2D eigenvalue weighted by atomic mass is 32.1. The molecule has 3 heterocycles. The zero-order valence-corrected chi connectivity index (χ0v) is 19.0. The van der Waals surface area contributed by atoms with Crippen LogP contribution in [0.15, 0.2) is 78.7 Å². The highest BCUT2D eigenvalue weighted by Gasteiger charge is 2.32. The quantitative estimate of drug-likeness (QED) is 0.335. The Kier molecular flexibility index (Phi) is 6.12. The van der Waals surface area contributed by atoms with Gasteiger partial charge in [-0.15, -0.1) is 16.4 Å². The van der Waals surface area contributed by atoms with Crippen molar-refractivity contribution < 1.29 is 18.0 Å². The minimum Gasteiger partial charge on any atom is -0.319 e. The van der Waals surface area contributed by atoms with Gasteiger partial charge >= 0.3 is 6.18 Å². The molecule has 0 unspecified atom stereocenters. The molecule has 36 heavy (non-hydrogen) atoms. The maximum absolute atomic E-state index is 13.6. The Hall–Kier alpha value is -4.65. The minimum atomic E-state index is -4.62.